The van der Waals surface area contributed by atoms with Gasteiger partial charge in [0.1, 0.15) is 11.4 Å². The first-order valence-electron chi connectivity index (χ1n) is 7.87. The molecule has 3 aliphatic rings. The van der Waals surface area contributed by atoms with Gasteiger partial charge in [-0.1, -0.05) is 12.1 Å². The summed E-state index contributed by atoms with van der Waals surface area (Å²) in [5.41, 5.74) is 1.28. The summed E-state index contributed by atoms with van der Waals surface area (Å²) in [7, 11) is 1.68. The third-order valence-electron chi connectivity index (χ3n) is 4.64. The van der Waals surface area contributed by atoms with Gasteiger partial charge in [-0.2, -0.15) is 0 Å². The molecule has 0 atom stereocenters. The van der Waals surface area contributed by atoms with Gasteiger partial charge < -0.3 is 14.8 Å². The number of rotatable bonds is 4. The van der Waals surface area contributed by atoms with Gasteiger partial charge in [-0.15, -0.1) is 0 Å². The van der Waals surface area contributed by atoms with E-state index in [2.05, 4.69) is 17.4 Å². The van der Waals surface area contributed by atoms with Crippen molar-refractivity contribution in [3.8, 4) is 5.75 Å². The highest BCUT2D eigenvalue weighted by molar-refractivity contribution is 5.70. The summed E-state index contributed by atoms with van der Waals surface area (Å²) in [5.74, 6) is 0.893. The number of methoxy groups -OCH3 is 1. The van der Waals surface area contributed by atoms with Gasteiger partial charge in [-0.05, 0) is 69.6 Å². The molecule has 3 aliphatic carbocycles. The molecule has 1 N–H and O–H groups in total. The number of benzene rings is 1. The highest BCUT2D eigenvalue weighted by atomic mass is 16.6. The average molecular weight is 303 g/mol. The Morgan fingerprint density at radius 2 is 1.77 bits per heavy atom. The van der Waals surface area contributed by atoms with E-state index < -0.39 is 5.60 Å². The van der Waals surface area contributed by atoms with Gasteiger partial charge in [0.15, 0.2) is 0 Å². The van der Waals surface area contributed by atoms with Gasteiger partial charge in [-0.25, -0.2) is 4.79 Å². The molecule has 1 aromatic carbocycles. The van der Waals surface area contributed by atoms with Crippen molar-refractivity contribution in [3.05, 3.63) is 29.8 Å². The summed E-state index contributed by atoms with van der Waals surface area (Å²) < 4.78 is 10.5. The third-order valence-corrected chi connectivity index (χ3v) is 4.64. The van der Waals surface area contributed by atoms with Crippen LogP contribution >= 0.6 is 0 Å². The molecule has 120 valence electrons. The van der Waals surface area contributed by atoms with Crippen LogP contribution in [0.15, 0.2) is 24.3 Å². The monoisotopic (exact) mass is 303 g/mol. The van der Waals surface area contributed by atoms with Crippen molar-refractivity contribution in [1.29, 1.82) is 0 Å². The predicted molar refractivity (Wildman–Crippen MR) is 85.1 cm³/mol. The van der Waals surface area contributed by atoms with E-state index in [-0.39, 0.29) is 11.6 Å². The van der Waals surface area contributed by atoms with Crippen molar-refractivity contribution in [2.75, 3.05) is 7.11 Å². The Hall–Kier alpha value is -1.71. The maximum Gasteiger partial charge on any atom is 0.408 e. The summed E-state index contributed by atoms with van der Waals surface area (Å²) in [4.78, 5) is 11.9. The zero-order valence-electron chi connectivity index (χ0n) is 13.9. The Bertz CT molecular complexity index is 551. The summed E-state index contributed by atoms with van der Waals surface area (Å²) in [6, 6.07) is 8.28. The van der Waals surface area contributed by atoms with Crippen LogP contribution in [0.1, 0.15) is 45.6 Å². The van der Waals surface area contributed by atoms with Crippen LogP contribution in [0.3, 0.4) is 0 Å². The van der Waals surface area contributed by atoms with Gasteiger partial charge >= 0.3 is 6.09 Å². The van der Waals surface area contributed by atoms with E-state index in [4.69, 9.17) is 9.47 Å². The topological polar surface area (TPSA) is 47.6 Å². The van der Waals surface area contributed by atoms with E-state index in [1.54, 1.807) is 7.11 Å². The van der Waals surface area contributed by atoms with E-state index in [9.17, 15) is 4.79 Å². The highest BCUT2D eigenvalue weighted by Crippen LogP contribution is 2.68. The third kappa shape index (κ3) is 2.92. The van der Waals surface area contributed by atoms with Crippen LogP contribution in [0.2, 0.25) is 0 Å². The molecular weight excluding hydrogens is 278 g/mol. The summed E-state index contributed by atoms with van der Waals surface area (Å²) in [5, 5.41) is 3.06. The fraction of sp³-hybridized carbons (Fsp3) is 0.611. The Balaban J connectivity index is 1.50. The normalized spacial score (nSPS) is 29.1. The molecule has 4 heteroatoms. The van der Waals surface area contributed by atoms with Gasteiger partial charge in [-0.3, -0.25) is 0 Å². The molecule has 0 unspecified atom stereocenters. The summed E-state index contributed by atoms with van der Waals surface area (Å²) >= 11 is 0. The molecule has 22 heavy (non-hydrogen) atoms. The van der Waals surface area contributed by atoms with E-state index in [1.807, 2.05) is 32.9 Å². The molecule has 4 nitrogen and oxygen atoms in total. The second-order valence-electron chi connectivity index (χ2n) is 7.96. The van der Waals surface area contributed by atoms with Crippen LogP contribution in [-0.4, -0.2) is 24.3 Å². The Morgan fingerprint density at radius 1 is 1.18 bits per heavy atom. The molecule has 2 bridgehead atoms. The first-order chi connectivity index (χ1) is 10.2. The van der Waals surface area contributed by atoms with Crippen molar-refractivity contribution in [1.82, 2.24) is 5.32 Å². The number of carbonyl (C=O) groups is 1. The van der Waals surface area contributed by atoms with E-state index >= 15 is 0 Å². The smallest absolute Gasteiger partial charge is 0.408 e. The van der Waals surface area contributed by atoms with Crippen LogP contribution in [-0.2, 0) is 11.2 Å². The SMILES string of the molecule is COc1ccc(CC23CC(NC(=O)OC(C)(C)C)(C2)C3)cc1. The van der Waals surface area contributed by atoms with Crippen LogP contribution < -0.4 is 10.1 Å². The van der Waals surface area contributed by atoms with E-state index in [1.165, 1.54) is 5.56 Å². The number of alkyl carbamates (subject to hydrolysis) is 1. The molecular formula is C18H25NO3. The van der Waals surface area contributed by atoms with Crippen molar-refractivity contribution < 1.29 is 14.3 Å². The standard InChI is InChI=1S/C18H25NO3/c1-16(2,3)22-15(20)19-18-10-17(11-18,12-18)9-13-5-7-14(21-4)8-6-13/h5-8H,9-12H2,1-4H3,(H,19,20). The summed E-state index contributed by atoms with van der Waals surface area (Å²) in [6.07, 6.45) is 3.97. The maximum atomic E-state index is 11.9. The highest BCUT2D eigenvalue weighted by Gasteiger charge is 2.68. The fourth-order valence-electron chi connectivity index (χ4n) is 4.01. The zero-order valence-corrected chi connectivity index (χ0v) is 13.9. The van der Waals surface area contributed by atoms with Crippen molar-refractivity contribution in [3.63, 3.8) is 0 Å². The van der Waals surface area contributed by atoms with Crippen molar-refractivity contribution >= 4 is 6.09 Å². The van der Waals surface area contributed by atoms with Crippen LogP contribution in [0.4, 0.5) is 4.79 Å². The molecule has 0 saturated heterocycles. The van der Waals surface area contributed by atoms with Gasteiger partial charge in [0.2, 0.25) is 0 Å². The Kier molecular flexibility index (Phi) is 3.38. The number of hydrogen-bond donors (Lipinski definition) is 1. The lowest BCUT2D eigenvalue weighted by atomic mass is 9.38. The molecule has 0 heterocycles. The molecule has 3 fully saturated rings. The van der Waals surface area contributed by atoms with Crippen LogP contribution in [0, 0.1) is 5.41 Å². The number of nitrogens with one attached hydrogen (secondary N) is 1. The molecule has 0 aromatic heterocycles. The molecule has 1 aromatic rings. The van der Waals surface area contributed by atoms with Crippen molar-refractivity contribution in [2.24, 2.45) is 5.41 Å². The number of hydrogen-bond acceptors (Lipinski definition) is 3. The minimum atomic E-state index is -0.436. The van der Waals surface area contributed by atoms with Crippen LogP contribution in [0.5, 0.6) is 5.75 Å². The molecule has 0 spiro atoms. The van der Waals surface area contributed by atoms with E-state index in [0.717, 1.165) is 31.4 Å². The lowest BCUT2D eigenvalue weighted by Gasteiger charge is -2.70. The second-order valence-corrected chi connectivity index (χ2v) is 7.96. The number of amides is 1. The van der Waals surface area contributed by atoms with Gasteiger partial charge in [0.05, 0.1) is 7.11 Å². The molecule has 3 saturated carbocycles. The molecule has 1 amide bonds. The molecule has 0 aliphatic heterocycles. The Labute approximate surface area is 132 Å². The summed E-state index contributed by atoms with van der Waals surface area (Å²) in [6.45, 7) is 5.67. The van der Waals surface area contributed by atoms with Crippen molar-refractivity contribution in [2.45, 2.75) is 57.6 Å². The fourth-order valence-corrected chi connectivity index (χ4v) is 4.01. The zero-order chi connectivity index (χ0) is 16.0. The van der Waals surface area contributed by atoms with Crippen LogP contribution in [0.25, 0.3) is 0 Å². The second kappa shape index (κ2) is 4.90. The quantitative estimate of drug-likeness (QED) is 0.923. The minimum absolute atomic E-state index is 0.00516. The first kappa shape index (κ1) is 15.2. The molecule has 0 radical (unpaired) electrons. The van der Waals surface area contributed by atoms with Gasteiger partial charge in [0, 0.05) is 5.54 Å². The average Bonchev–Trinajstić information content (AvgIpc) is 2.33. The maximum absolute atomic E-state index is 11.9. The lowest BCUT2D eigenvalue weighted by molar-refractivity contribution is -0.150. The Morgan fingerprint density at radius 3 is 2.27 bits per heavy atom. The molecule has 4 rings (SSSR count). The number of ether oxygens (including phenoxy) is 2. The minimum Gasteiger partial charge on any atom is -0.497 e. The van der Waals surface area contributed by atoms with E-state index in [0.29, 0.717) is 5.41 Å². The van der Waals surface area contributed by atoms with Gasteiger partial charge in [0.25, 0.3) is 0 Å². The predicted octanol–water partition coefficient (Wildman–Crippen LogP) is 3.69. The number of carbonyl (C=O) groups excluding carboxylic acids is 1. The first-order valence-corrected chi connectivity index (χ1v) is 7.87. The largest absolute Gasteiger partial charge is 0.497 e. The lowest BCUT2D eigenvalue weighted by Crippen LogP contribution is -2.75.